The first-order valence-electron chi connectivity index (χ1n) is 9.79. The molecule has 0 nitrogen and oxygen atoms in total. The summed E-state index contributed by atoms with van der Waals surface area (Å²) in [6.07, 6.45) is 18.9. The molecule has 0 N–H and O–H groups in total. The third kappa shape index (κ3) is 4.07. The third-order valence-electron chi connectivity index (χ3n) is 5.87. The molecule has 0 aromatic heterocycles. The van der Waals surface area contributed by atoms with E-state index in [1.54, 1.807) is 31.3 Å². The van der Waals surface area contributed by atoms with E-state index in [4.69, 9.17) is 0 Å². The molecule has 3 aliphatic carbocycles. The smallest absolute Gasteiger partial charge is 0.00815 e. The molecule has 0 aromatic carbocycles. The minimum atomic E-state index is 0.230. The van der Waals surface area contributed by atoms with Crippen LogP contribution in [0.1, 0.15) is 91.4 Å². The van der Waals surface area contributed by atoms with Crippen molar-refractivity contribution in [1.29, 1.82) is 0 Å². The van der Waals surface area contributed by atoms with Crippen LogP contribution < -0.4 is 0 Å². The van der Waals surface area contributed by atoms with Crippen LogP contribution in [0.2, 0.25) is 0 Å². The summed E-state index contributed by atoms with van der Waals surface area (Å²) >= 11 is 0. The van der Waals surface area contributed by atoms with Crippen LogP contribution in [0.15, 0.2) is 17.4 Å². The second-order valence-electron chi connectivity index (χ2n) is 8.91. The highest BCUT2D eigenvalue weighted by atomic mass is 31.1. The Balaban J connectivity index is 1.84. The van der Waals surface area contributed by atoms with Gasteiger partial charge in [-0.3, -0.25) is 0 Å². The fourth-order valence-corrected chi connectivity index (χ4v) is 9.43. The van der Waals surface area contributed by atoms with E-state index >= 15 is 0 Å². The Labute approximate surface area is 139 Å². The molecule has 0 radical (unpaired) electrons. The Morgan fingerprint density at radius 2 is 1.41 bits per heavy atom. The van der Waals surface area contributed by atoms with Gasteiger partial charge in [-0.05, 0) is 73.3 Å². The van der Waals surface area contributed by atoms with Crippen LogP contribution in [0.5, 0.6) is 0 Å². The van der Waals surface area contributed by atoms with Gasteiger partial charge in [-0.1, -0.05) is 54.4 Å². The Morgan fingerprint density at radius 3 is 1.91 bits per heavy atom. The van der Waals surface area contributed by atoms with E-state index in [0.717, 1.165) is 17.0 Å². The first-order valence-corrected chi connectivity index (χ1v) is 11.3. The summed E-state index contributed by atoms with van der Waals surface area (Å²) in [6.45, 7) is 6.92. The summed E-state index contributed by atoms with van der Waals surface area (Å²) in [4.78, 5) is 0. The molecule has 3 rings (SSSR count). The minimum absolute atomic E-state index is 0.230. The van der Waals surface area contributed by atoms with E-state index in [-0.39, 0.29) is 13.3 Å². The predicted molar refractivity (Wildman–Crippen MR) is 100 cm³/mol. The SMILES string of the molecule is CC(C)(C)C=C=C1CCCC1P(C1CCCC1)C1CCCC1. The van der Waals surface area contributed by atoms with Crippen molar-refractivity contribution in [2.45, 2.75) is 108 Å². The highest BCUT2D eigenvalue weighted by Gasteiger charge is 2.40. The summed E-state index contributed by atoms with van der Waals surface area (Å²) in [5.74, 6) is 0. The number of hydrogen-bond acceptors (Lipinski definition) is 0. The molecule has 0 aromatic rings. The van der Waals surface area contributed by atoms with Gasteiger partial charge in [0.2, 0.25) is 0 Å². The second-order valence-corrected chi connectivity index (χ2v) is 11.9. The normalized spacial score (nSPS) is 27.8. The van der Waals surface area contributed by atoms with Gasteiger partial charge in [0.25, 0.3) is 0 Å². The van der Waals surface area contributed by atoms with Gasteiger partial charge in [0.15, 0.2) is 0 Å². The molecule has 1 atom stereocenters. The predicted octanol–water partition coefficient (Wildman–Crippen LogP) is 7.03. The van der Waals surface area contributed by atoms with Gasteiger partial charge in [-0.2, -0.15) is 0 Å². The topological polar surface area (TPSA) is 0 Å². The number of allylic oxidation sites excluding steroid dienone is 1. The average molecular weight is 318 g/mol. The number of rotatable bonds is 3. The molecule has 0 bridgehead atoms. The molecule has 0 saturated heterocycles. The van der Waals surface area contributed by atoms with E-state index in [1.165, 1.54) is 44.9 Å². The maximum Gasteiger partial charge on any atom is 0.00815 e. The molecule has 3 saturated carbocycles. The molecule has 3 fully saturated rings. The highest BCUT2D eigenvalue weighted by molar-refractivity contribution is 7.60. The molecule has 124 valence electrons. The van der Waals surface area contributed by atoms with E-state index in [0.29, 0.717) is 0 Å². The quantitative estimate of drug-likeness (QED) is 0.387. The lowest BCUT2D eigenvalue weighted by Crippen LogP contribution is -2.19. The largest absolute Gasteiger partial charge is 0.125 e. The zero-order chi connectivity index (χ0) is 15.6. The summed E-state index contributed by atoms with van der Waals surface area (Å²) in [5.41, 5.74) is 8.96. The lowest BCUT2D eigenvalue weighted by Gasteiger charge is -2.35. The average Bonchev–Trinajstić information content (AvgIpc) is 3.20. The van der Waals surface area contributed by atoms with E-state index in [2.05, 4.69) is 32.6 Å². The van der Waals surface area contributed by atoms with Crippen LogP contribution in [0, 0.1) is 5.41 Å². The Bertz CT molecular complexity index is 407. The van der Waals surface area contributed by atoms with Gasteiger partial charge in [0, 0.05) is 5.66 Å². The minimum Gasteiger partial charge on any atom is -0.125 e. The van der Waals surface area contributed by atoms with Crippen molar-refractivity contribution < 1.29 is 0 Å². The summed E-state index contributed by atoms with van der Waals surface area (Å²) < 4.78 is 0. The first kappa shape index (κ1) is 16.8. The van der Waals surface area contributed by atoms with Crippen LogP contribution in [0.25, 0.3) is 0 Å². The first-order chi connectivity index (χ1) is 10.5. The van der Waals surface area contributed by atoms with Crippen LogP contribution >= 0.6 is 7.92 Å². The van der Waals surface area contributed by atoms with Crippen molar-refractivity contribution >= 4 is 7.92 Å². The fraction of sp³-hybridized carbons (Fsp3) is 0.857. The van der Waals surface area contributed by atoms with Crippen molar-refractivity contribution in [2.24, 2.45) is 5.41 Å². The molecule has 22 heavy (non-hydrogen) atoms. The third-order valence-corrected chi connectivity index (χ3v) is 9.88. The van der Waals surface area contributed by atoms with Gasteiger partial charge >= 0.3 is 0 Å². The van der Waals surface area contributed by atoms with Crippen molar-refractivity contribution in [3.8, 4) is 0 Å². The van der Waals surface area contributed by atoms with E-state index in [9.17, 15) is 0 Å². The Kier molecular flexibility index (Phi) is 5.52. The van der Waals surface area contributed by atoms with Gasteiger partial charge < -0.3 is 0 Å². The Morgan fingerprint density at radius 1 is 0.864 bits per heavy atom. The van der Waals surface area contributed by atoms with Crippen LogP contribution in [0.3, 0.4) is 0 Å². The molecular formula is C21H35P. The van der Waals surface area contributed by atoms with Crippen molar-refractivity contribution in [3.63, 3.8) is 0 Å². The van der Waals surface area contributed by atoms with Crippen LogP contribution in [-0.4, -0.2) is 17.0 Å². The molecular weight excluding hydrogens is 283 g/mol. The van der Waals surface area contributed by atoms with Gasteiger partial charge in [-0.15, -0.1) is 5.73 Å². The molecule has 0 aliphatic heterocycles. The van der Waals surface area contributed by atoms with Gasteiger partial charge in [-0.25, -0.2) is 0 Å². The second kappa shape index (κ2) is 7.23. The number of hydrogen-bond donors (Lipinski definition) is 0. The zero-order valence-corrected chi connectivity index (χ0v) is 15.9. The molecule has 0 spiro atoms. The molecule has 0 heterocycles. The Hall–Kier alpha value is -0.0500. The van der Waals surface area contributed by atoms with Gasteiger partial charge in [0.05, 0.1) is 0 Å². The molecule has 0 amide bonds. The maximum atomic E-state index is 3.81. The van der Waals surface area contributed by atoms with E-state index in [1.807, 2.05) is 0 Å². The standard InChI is InChI=1S/C21H35P/c1-21(2,3)16-15-17-9-8-14-20(17)22(18-10-4-5-11-18)19-12-6-7-13-19/h16,18-20H,4-14H2,1-3H3. The van der Waals surface area contributed by atoms with Crippen LogP contribution in [-0.2, 0) is 0 Å². The monoisotopic (exact) mass is 318 g/mol. The summed E-state index contributed by atoms with van der Waals surface area (Å²) in [7, 11) is 0.230. The molecule has 1 heteroatoms. The highest BCUT2D eigenvalue weighted by Crippen LogP contribution is 2.64. The summed E-state index contributed by atoms with van der Waals surface area (Å²) in [6, 6.07) is 0. The lowest BCUT2D eigenvalue weighted by molar-refractivity contribution is 0.544. The zero-order valence-electron chi connectivity index (χ0n) is 15.0. The van der Waals surface area contributed by atoms with Crippen LogP contribution in [0.4, 0.5) is 0 Å². The van der Waals surface area contributed by atoms with Crippen molar-refractivity contribution in [3.05, 3.63) is 17.4 Å². The van der Waals surface area contributed by atoms with Crippen molar-refractivity contribution in [1.82, 2.24) is 0 Å². The molecule has 3 aliphatic rings. The maximum absolute atomic E-state index is 3.81. The van der Waals surface area contributed by atoms with E-state index < -0.39 is 0 Å². The van der Waals surface area contributed by atoms with Gasteiger partial charge in [0.1, 0.15) is 0 Å². The van der Waals surface area contributed by atoms with Crippen molar-refractivity contribution in [2.75, 3.05) is 0 Å². The fourth-order valence-electron chi connectivity index (χ4n) is 4.85. The lowest BCUT2D eigenvalue weighted by atomic mass is 9.96. The summed E-state index contributed by atoms with van der Waals surface area (Å²) in [5, 5.41) is 0. The molecule has 1 unspecified atom stereocenters.